The Bertz CT molecular complexity index is 827. The number of urea groups is 1. The lowest BCUT2D eigenvalue weighted by molar-refractivity contribution is -0.149. The third-order valence-corrected chi connectivity index (χ3v) is 5.59. The van der Waals surface area contributed by atoms with Gasteiger partial charge in [-0.05, 0) is 30.9 Å². The first-order valence-electron chi connectivity index (χ1n) is 9.83. The second-order valence-electron chi connectivity index (χ2n) is 7.49. The van der Waals surface area contributed by atoms with E-state index in [-0.39, 0.29) is 18.4 Å². The molecule has 3 N–H and O–H groups in total. The van der Waals surface area contributed by atoms with Gasteiger partial charge in [-0.2, -0.15) is 0 Å². The van der Waals surface area contributed by atoms with Crippen LogP contribution in [0, 0.1) is 5.92 Å². The van der Waals surface area contributed by atoms with Gasteiger partial charge in [-0.1, -0.05) is 32.4 Å². The molecule has 0 radical (unpaired) electrons. The molecule has 1 fully saturated rings. The van der Waals surface area contributed by atoms with Crippen molar-refractivity contribution in [3.63, 3.8) is 0 Å². The van der Waals surface area contributed by atoms with Crippen molar-refractivity contribution in [3.8, 4) is 0 Å². The fourth-order valence-electron chi connectivity index (χ4n) is 3.77. The zero-order chi connectivity index (χ0) is 21.1. The molecule has 9 heteroatoms. The van der Waals surface area contributed by atoms with Gasteiger partial charge in [0.2, 0.25) is 11.8 Å². The Kier molecular flexibility index (Phi) is 6.05. The first kappa shape index (κ1) is 20.6. The van der Waals surface area contributed by atoms with Gasteiger partial charge in [-0.3, -0.25) is 14.5 Å². The van der Waals surface area contributed by atoms with E-state index in [2.05, 4.69) is 10.6 Å². The molecule has 0 spiro atoms. The number of aliphatic carboxylic acids is 1. The molecule has 1 aromatic carbocycles. The highest BCUT2D eigenvalue weighted by Crippen LogP contribution is 2.29. The second kappa shape index (κ2) is 8.50. The van der Waals surface area contributed by atoms with E-state index in [0.717, 1.165) is 0 Å². The number of rotatable bonds is 5. The normalized spacial score (nSPS) is 20.5. The number of fused-ring (bicyclic) bond motifs is 1. The van der Waals surface area contributed by atoms with E-state index in [1.807, 2.05) is 13.8 Å². The van der Waals surface area contributed by atoms with E-state index in [1.165, 1.54) is 9.80 Å². The number of para-hydroxylation sites is 2. The average molecular weight is 402 g/mol. The Labute approximate surface area is 169 Å². The van der Waals surface area contributed by atoms with Gasteiger partial charge in [0.25, 0.3) is 0 Å². The topological polar surface area (TPSA) is 119 Å². The summed E-state index contributed by atoms with van der Waals surface area (Å²) in [5.41, 5.74) is 1.07. The van der Waals surface area contributed by atoms with E-state index >= 15 is 0 Å². The number of nitrogens with one attached hydrogen (secondary N) is 2. The third kappa shape index (κ3) is 4.18. The predicted molar refractivity (Wildman–Crippen MR) is 107 cm³/mol. The van der Waals surface area contributed by atoms with Crippen LogP contribution in [0.1, 0.15) is 33.1 Å². The lowest BCUT2D eigenvalue weighted by Crippen LogP contribution is -2.57. The van der Waals surface area contributed by atoms with Crippen molar-refractivity contribution < 1.29 is 24.3 Å². The molecule has 4 amide bonds. The lowest BCUT2D eigenvalue weighted by Gasteiger charge is -2.34. The lowest BCUT2D eigenvalue weighted by atomic mass is 9.97. The zero-order valence-electron chi connectivity index (χ0n) is 16.6. The number of carboxylic acids is 1. The standard InChI is InChI=1S/C20H26N4O5/c1-3-12(2)17(18(26)23-10-6-9-15(23)19(27)28)22-20(29)24-11-16(25)21-13-7-4-5-8-14(13)24/h4-5,7-8,12,15,17H,3,6,9-11H2,1-2H3,(H,21,25)(H,22,29)(H,27,28)/t12-,15+,17+/m1/s1. The van der Waals surface area contributed by atoms with Crippen LogP contribution in [0.4, 0.5) is 16.2 Å². The molecule has 9 nitrogen and oxygen atoms in total. The molecule has 0 aromatic heterocycles. The number of benzene rings is 1. The Morgan fingerprint density at radius 1 is 1.31 bits per heavy atom. The molecule has 2 aliphatic rings. The minimum absolute atomic E-state index is 0.161. The number of carbonyl (C=O) groups is 4. The molecule has 3 atom stereocenters. The van der Waals surface area contributed by atoms with Crippen LogP contribution in [0.2, 0.25) is 0 Å². The summed E-state index contributed by atoms with van der Waals surface area (Å²) >= 11 is 0. The van der Waals surface area contributed by atoms with Crippen molar-refractivity contribution in [1.82, 2.24) is 10.2 Å². The maximum absolute atomic E-state index is 13.1. The summed E-state index contributed by atoms with van der Waals surface area (Å²) in [5.74, 6) is -1.95. The van der Waals surface area contributed by atoms with Gasteiger partial charge in [0.05, 0.1) is 11.4 Å². The van der Waals surface area contributed by atoms with Crippen molar-refractivity contribution >= 4 is 35.2 Å². The number of carbonyl (C=O) groups excluding carboxylic acids is 3. The maximum atomic E-state index is 13.1. The Morgan fingerprint density at radius 2 is 2.03 bits per heavy atom. The minimum atomic E-state index is -1.04. The SMILES string of the molecule is CC[C@@H](C)[C@H](NC(=O)N1CC(=O)Nc2ccccc21)C(=O)N1CCC[C@H]1C(=O)O. The summed E-state index contributed by atoms with van der Waals surface area (Å²) in [6, 6.07) is 4.64. The van der Waals surface area contributed by atoms with Crippen molar-refractivity contribution in [3.05, 3.63) is 24.3 Å². The smallest absolute Gasteiger partial charge is 0.326 e. The summed E-state index contributed by atoms with van der Waals surface area (Å²) in [7, 11) is 0. The van der Waals surface area contributed by atoms with Crippen LogP contribution < -0.4 is 15.5 Å². The first-order valence-corrected chi connectivity index (χ1v) is 9.83. The van der Waals surface area contributed by atoms with Crippen molar-refractivity contribution in [1.29, 1.82) is 0 Å². The summed E-state index contributed by atoms with van der Waals surface area (Å²) in [4.78, 5) is 52.3. The van der Waals surface area contributed by atoms with Gasteiger partial charge in [0.15, 0.2) is 0 Å². The van der Waals surface area contributed by atoms with Crippen LogP contribution in [0.3, 0.4) is 0 Å². The Morgan fingerprint density at radius 3 is 2.72 bits per heavy atom. The monoisotopic (exact) mass is 402 g/mol. The number of carboxylic acid groups (broad SMARTS) is 1. The Hall–Kier alpha value is -3.10. The largest absolute Gasteiger partial charge is 0.480 e. The van der Waals surface area contributed by atoms with Crippen LogP contribution in [0.25, 0.3) is 0 Å². The van der Waals surface area contributed by atoms with Gasteiger partial charge in [-0.15, -0.1) is 0 Å². The van der Waals surface area contributed by atoms with Gasteiger partial charge >= 0.3 is 12.0 Å². The summed E-state index contributed by atoms with van der Waals surface area (Å²) in [6.07, 6.45) is 1.64. The molecule has 3 rings (SSSR count). The molecular weight excluding hydrogens is 376 g/mol. The van der Waals surface area contributed by atoms with E-state index in [4.69, 9.17) is 0 Å². The highest BCUT2D eigenvalue weighted by atomic mass is 16.4. The highest BCUT2D eigenvalue weighted by Gasteiger charge is 2.40. The van der Waals surface area contributed by atoms with Crippen LogP contribution in [0.5, 0.6) is 0 Å². The molecular formula is C20H26N4O5. The second-order valence-corrected chi connectivity index (χ2v) is 7.49. The molecule has 0 bridgehead atoms. The third-order valence-electron chi connectivity index (χ3n) is 5.59. The molecule has 1 saturated heterocycles. The van der Waals surface area contributed by atoms with Crippen molar-refractivity contribution in [2.75, 3.05) is 23.3 Å². The summed E-state index contributed by atoms with van der Waals surface area (Å²) in [6.45, 7) is 3.93. The molecule has 2 heterocycles. The number of hydrogen-bond acceptors (Lipinski definition) is 4. The molecule has 1 aromatic rings. The van der Waals surface area contributed by atoms with Gasteiger partial charge < -0.3 is 20.6 Å². The van der Waals surface area contributed by atoms with E-state index in [0.29, 0.717) is 37.2 Å². The van der Waals surface area contributed by atoms with Crippen molar-refractivity contribution in [2.45, 2.75) is 45.2 Å². The average Bonchev–Trinajstić information content (AvgIpc) is 3.20. The molecule has 0 saturated carbocycles. The number of nitrogens with zero attached hydrogens (tertiary/aromatic N) is 2. The van der Waals surface area contributed by atoms with Crippen molar-refractivity contribution in [2.24, 2.45) is 5.92 Å². The number of hydrogen-bond donors (Lipinski definition) is 3. The quantitative estimate of drug-likeness (QED) is 0.692. The van der Waals surface area contributed by atoms with E-state index in [1.54, 1.807) is 24.3 Å². The summed E-state index contributed by atoms with van der Waals surface area (Å²) in [5, 5.41) is 14.9. The van der Waals surface area contributed by atoms with Crippen LogP contribution in [-0.2, 0) is 14.4 Å². The fourth-order valence-corrected chi connectivity index (χ4v) is 3.77. The van der Waals surface area contributed by atoms with E-state index < -0.39 is 30.0 Å². The number of anilines is 2. The maximum Gasteiger partial charge on any atom is 0.326 e. The number of amides is 4. The first-order chi connectivity index (χ1) is 13.8. The molecule has 156 valence electrons. The molecule has 29 heavy (non-hydrogen) atoms. The molecule has 0 aliphatic carbocycles. The highest BCUT2D eigenvalue weighted by molar-refractivity contribution is 6.10. The number of likely N-dealkylation sites (tertiary alicyclic amines) is 1. The van der Waals surface area contributed by atoms with Crippen LogP contribution in [0.15, 0.2) is 24.3 Å². The van der Waals surface area contributed by atoms with Gasteiger partial charge in [-0.25, -0.2) is 9.59 Å². The van der Waals surface area contributed by atoms with Crippen LogP contribution >= 0.6 is 0 Å². The minimum Gasteiger partial charge on any atom is -0.480 e. The van der Waals surface area contributed by atoms with E-state index in [9.17, 15) is 24.3 Å². The van der Waals surface area contributed by atoms with Gasteiger partial charge in [0.1, 0.15) is 18.6 Å². The predicted octanol–water partition coefficient (Wildman–Crippen LogP) is 1.65. The Balaban J connectivity index is 1.82. The fraction of sp³-hybridized carbons (Fsp3) is 0.500. The van der Waals surface area contributed by atoms with Crippen LogP contribution in [-0.4, -0.2) is 59.0 Å². The van der Waals surface area contributed by atoms with Gasteiger partial charge in [0, 0.05) is 6.54 Å². The zero-order valence-corrected chi connectivity index (χ0v) is 16.6. The summed E-state index contributed by atoms with van der Waals surface area (Å²) < 4.78 is 0. The molecule has 2 aliphatic heterocycles. The molecule has 0 unspecified atom stereocenters.